The molecule has 5 aromatic rings. The fraction of sp³-hybridized carbons (Fsp3) is 0.390. The summed E-state index contributed by atoms with van der Waals surface area (Å²) in [4.78, 5) is 30.9. The SMILES string of the molecule is CC.CC(C)(C#Cc1ccc(-c2ccc(Cl)c3c(N(C(=O)Cl)S(C)(=O)=O)nn(CC(F)(F)F)c23)c([C@H](Cc2cc(F)cc(F)c2)NC(=O)Cn2nc(C(F)(F)F)c3c2C(F)(F)CC3)n1)S(C)(=O)=O. The number of halogens is 12. The van der Waals surface area contributed by atoms with Crippen molar-refractivity contribution in [3.63, 3.8) is 0 Å². The van der Waals surface area contributed by atoms with Crippen molar-refractivity contribution in [2.75, 3.05) is 16.8 Å². The number of benzene rings is 2. The summed E-state index contributed by atoms with van der Waals surface area (Å²) in [7, 11) is -8.64. The molecule has 6 rings (SSSR count). The minimum Gasteiger partial charge on any atom is -0.346 e. The molecular weight excluding hydrogens is 1010 g/mol. The van der Waals surface area contributed by atoms with Crippen LogP contribution in [-0.4, -0.2) is 76.1 Å². The lowest BCUT2D eigenvalue weighted by Gasteiger charge is -2.23. The van der Waals surface area contributed by atoms with Crippen molar-refractivity contribution in [1.82, 2.24) is 29.9 Å². The van der Waals surface area contributed by atoms with E-state index in [1.54, 1.807) is 0 Å². The molecule has 13 nitrogen and oxygen atoms in total. The largest absolute Gasteiger partial charge is 0.435 e. The van der Waals surface area contributed by atoms with Gasteiger partial charge in [0.05, 0.1) is 33.9 Å². The maximum Gasteiger partial charge on any atom is 0.435 e. The van der Waals surface area contributed by atoms with E-state index in [4.69, 9.17) is 23.2 Å². The fourth-order valence-electron chi connectivity index (χ4n) is 7.07. The molecule has 0 saturated heterocycles. The van der Waals surface area contributed by atoms with E-state index in [2.05, 4.69) is 32.3 Å². The van der Waals surface area contributed by atoms with Gasteiger partial charge in [-0.2, -0.15) is 49.6 Å². The first-order valence-electron chi connectivity index (χ1n) is 19.7. The van der Waals surface area contributed by atoms with Gasteiger partial charge < -0.3 is 5.32 Å². The number of carbonyl (C=O) groups excluding carboxylic acids is 2. The maximum absolute atomic E-state index is 15.1. The minimum absolute atomic E-state index is 0.137. The molecular formula is C41H37Cl2F10N7O6S2. The first kappa shape index (κ1) is 53.5. The molecule has 1 aliphatic carbocycles. The molecule has 0 radical (unpaired) electrons. The number of anilines is 1. The number of hydrogen-bond donors (Lipinski definition) is 1. The molecule has 1 N–H and O–H groups in total. The van der Waals surface area contributed by atoms with Gasteiger partial charge in [-0.05, 0) is 80.1 Å². The lowest BCUT2D eigenvalue weighted by atomic mass is 9.93. The van der Waals surface area contributed by atoms with Gasteiger partial charge in [0.15, 0.2) is 21.3 Å². The molecule has 0 fully saturated rings. The second kappa shape index (κ2) is 19.2. The van der Waals surface area contributed by atoms with E-state index < -0.39 is 149 Å². The average molecular weight is 1050 g/mol. The number of aromatic nitrogens is 5. The zero-order valence-corrected chi connectivity index (χ0v) is 39.3. The molecule has 2 aromatic carbocycles. The predicted molar refractivity (Wildman–Crippen MR) is 230 cm³/mol. The Balaban J connectivity index is 0.00000426. The molecule has 1 aliphatic rings. The van der Waals surface area contributed by atoms with Crippen molar-refractivity contribution >= 4 is 71.1 Å². The Kier molecular flexibility index (Phi) is 15.1. The normalized spacial score (nSPS) is 14.4. The van der Waals surface area contributed by atoms with Crippen LogP contribution in [0.2, 0.25) is 5.02 Å². The van der Waals surface area contributed by atoms with E-state index in [1.165, 1.54) is 13.8 Å². The molecule has 0 unspecified atom stereocenters. The lowest BCUT2D eigenvalue weighted by molar-refractivity contribution is -0.142. The molecule has 2 amide bonds. The van der Waals surface area contributed by atoms with Gasteiger partial charge in [-0.25, -0.2) is 30.6 Å². The highest BCUT2D eigenvalue weighted by Gasteiger charge is 2.50. The Morgan fingerprint density at radius 2 is 1.53 bits per heavy atom. The van der Waals surface area contributed by atoms with Gasteiger partial charge in [-0.1, -0.05) is 37.4 Å². The number of hydrogen-bond acceptors (Lipinski definition) is 9. The molecule has 0 spiro atoms. The van der Waals surface area contributed by atoms with E-state index in [0.717, 1.165) is 42.7 Å². The van der Waals surface area contributed by atoms with Crippen LogP contribution in [0.25, 0.3) is 22.0 Å². The van der Waals surface area contributed by atoms with Crippen molar-refractivity contribution in [2.24, 2.45) is 0 Å². The highest BCUT2D eigenvalue weighted by atomic mass is 35.5. The number of pyridine rings is 1. The molecule has 0 bridgehead atoms. The number of amides is 2. The Morgan fingerprint density at radius 3 is 2.07 bits per heavy atom. The van der Waals surface area contributed by atoms with Crippen LogP contribution in [0.15, 0.2) is 42.5 Å². The van der Waals surface area contributed by atoms with Gasteiger partial charge in [-0.15, -0.1) is 0 Å². The summed E-state index contributed by atoms with van der Waals surface area (Å²) in [5.41, 5.74) is -6.07. The second-order valence-corrected chi connectivity index (χ2v) is 20.6. The molecule has 0 saturated carbocycles. The Bertz CT molecular complexity index is 3090. The van der Waals surface area contributed by atoms with Gasteiger partial charge in [0.1, 0.15) is 40.9 Å². The van der Waals surface area contributed by atoms with Crippen LogP contribution in [0.3, 0.4) is 0 Å². The molecule has 0 aliphatic heterocycles. The van der Waals surface area contributed by atoms with Gasteiger partial charge in [-0.3, -0.25) is 19.0 Å². The summed E-state index contributed by atoms with van der Waals surface area (Å²) in [6.07, 6.45) is -11.5. The van der Waals surface area contributed by atoms with Crippen LogP contribution < -0.4 is 9.62 Å². The van der Waals surface area contributed by atoms with Crippen molar-refractivity contribution in [3.8, 4) is 23.0 Å². The topological polar surface area (TPSA) is 166 Å². The monoisotopic (exact) mass is 1050 g/mol. The van der Waals surface area contributed by atoms with Crippen molar-refractivity contribution in [3.05, 3.63) is 93.0 Å². The van der Waals surface area contributed by atoms with Gasteiger partial charge in [0.2, 0.25) is 15.9 Å². The third-order valence-electron chi connectivity index (χ3n) is 10.1. The third-order valence-corrected chi connectivity index (χ3v) is 13.7. The van der Waals surface area contributed by atoms with Crippen LogP contribution in [0.4, 0.5) is 54.5 Å². The number of sulfonamides is 1. The van der Waals surface area contributed by atoms with Gasteiger partial charge in [0, 0.05) is 35.4 Å². The molecule has 1 atom stereocenters. The summed E-state index contributed by atoms with van der Waals surface area (Å²) >= 11 is 12.1. The van der Waals surface area contributed by atoms with Crippen molar-refractivity contribution in [2.45, 2.75) is 89.1 Å². The van der Waals surface area contributed by atoms with Crippen molar-refractivity contribution in [1.29, 1.82) is 0 Å². The minimum atomic E-state index is -5.22. The summed E-state index contributed by atoms with van der Waals surface area (Å²) in [6.45, 7) is 3.18. The van der Waals surface area contributed by atoms with E-state index in [1.807, 2.05) is 13.8 Å². The number of alkyl halides is 8. The number of nitrogens with one attached hydrogen (secondary N) is 1. The molecule has 68 heavy (non-hydrogen) atoms. The van der Waals surface area contributed by atoms with E-state index in [9.17, 15) is 61.5 Å². The first-order valence-corrected chi connectivity index (χ1v) is 24.2. The Morgan fingerprint density at radius 1 is 0.926 bits per heavy atom. The summed E-state index contributed by atoms with van der Waals surface area (Å²) in [6, 6.07) is 4.68. The van der Waals surface area contributed by atoms with E-state index in [0.29, 0.717) is 12.3 Å². The number of fused-ring (bicyclic) bond motifs is 2. The zero-order valence-electron chi connectivity index (χ0n) is 36.1. The predicted octanol–water partition coefficient (Wildman–Crippen LogP) is 9.27. The smallest absolute Gasteiger partial charge is 0.346 e. The highest BCUT2D eigenvalue weighted by molar-refractivity contribution is 7.93. The van der Waals surface area contributed by atoms with E-state index in [-0.39, 0.29) is 36.1 Å². The fourth-order valence-corrected chi connectivity index (χ4v) is 8.70. The van der Waals surface area contributed by atoms with E-state index >= 15 is 8.78 Å². The number of nitrogens with zero attached hydrogens (tertiary/aromatic N) is 6. The highest BCUT2D eigenvalue weighted by Crippen LogP contribution is 2.47. The average Bonchev–Trinajstić information content (AvgIpc) is 3.84. The quantitative estimate of drug-likeness (QED) is 0.0587. The maximum atomic E-state index is 15.1. The standard InChI is InChI=1S/C39H31Cl2F10N7O6S2.C2H6/c1-36(2,65(3,61)62)11-9-22-5-6-23(24-7-8-26(40)29-31(24)57(18-38(46,47)48)55-34(29)58(35(41)60)66(4,63)64)30(52-22)27(15-19-13-20(42)16-21(43)14-19)53-28(59)17-56-33-25(10-12-37(33,44)45)32(54-56)39(49,50)51;1-2/h5-8,13-14,16,27H,10,12,15,17-18H2,1-4H3,(H,53,59);1-2H3/t27-;/m0./s1. The van der Waals surface area contributed by atoms with Crippen LogP contribution in [0.5, 0.6) is 0 Å². The summed E-state index contributed by atoms with van der Waals surface area (Å²) in [5, 5.41) is 6.60. The number of carbonyl (C=O) groups is 2. The van der Waals surface area contributed by atoms with Gasteiger partial charge in [0.25, 0.3) is 5.92 Å². The summed E-state index contributed by atoms with van der Waals surface area (Å²) in [5.74, 6) is -3.45. The number of rotatable bonds is 11. The van der Waals surface area contributed by atoms with Crippen LogP contribution in [-0.2, 0) is 62.7 Å². The van der Waals surface area contributed by atoms with Crippen molar-refractivity contribution < 1.29 is 70.3 Å². The van der Waals surface area contributed by atoms with Gasteiger partial charge >= 0.3 is 17.7 Å². The first-order chi connectivity index (χ1) is 31.2. The van der Waals surface area contributed by atoms with Crippen LogP contribution in [0, 0.1) is 23.5 Å². The van der Waals surface area contributed by atoms with Crippen LogP contribution >= 0.6 is 23.2 Å². The molecule has 27 heteroatoms. The molecule has 368 valence electrons. The zero-order chi connectivity index (χ0) is 51.3. The number of sulfone groups is 1. The Labute approximate surface area is 391 Å². The summed E-state index contributed by atoms with van der Waals surface area (Å²) < 4.78 is 193. The van der Waals surface area contributed by atoms with Crippen LogP contribution in [0.1, 0.15) is 74.1 Å². The second-order valence-electron chi connectivity index (χ2n) is 15.5. The lowest BCUT2D eigenvalue weighted by Crippen LogP contribution is -2.35. The Hall–Kier alpha value is -5.45. The third kappa shape index (κ3) is 11.5. The molecule has 3 heterocycles. The molecule has 3 aromatic heterocycles.